The Morgan fingerprint density at radius 3 is 2.56 bits per heavy atom. The van der Waals surface area contributed by atoms with Crippen molar-refractivity contribution in [3.63, 3.8) is 0 Å². The molecule has 0 aromatic heterocycles. The Bertz CT molecular complexity index is 646. The standard InChI is InChI=1S/C18H24ClN3O3/c1-25-16-7-6-14(11-15(16)19)20-17(23)13-5-4-10-22(12-13)18(24)21-8-2-3-9-21/h6-7,11,13H,2-5,8-10,12H2,1H3,(H,20,23). The van der Waals surface area contributed by atoms with Crippen molar-refractivity contribution >= 4 is 29.2 Å². The molecule has 25 heavy (non-hydrogen) atoms. The van der Waals surface area contributed by atoms with Crippen molar-refractivity contribution < 1.29 is 14.3 Å². The monoisotopic (exact) mass is 365 g/mol. The zero-order valence-corrected chi connectivity index (χ0v) is 15.2. The third-order valence-corrected chi connectivity index (χ3v) is 5.15. The van der Waals surface area contributed by atoms with E-state index in [1.54, 1.807) is 25.3 Å². The maximum absolute atomic E-state index is 12.6. The van der Waals surface area contributed by atoms with Gasteiger partial charge in [-0.3, -0.25) is 4.79 Å². The molecule has 2 heterocycles. The fourth-order valence-electron chi connectivity index (χ4n) is 3.46. The molecule has 7 heteroatoms. The Kier molecular flexibility index (Phi) is 5.68. The van der Waals surface area contributed by atoms with E-state index < -0.39 is 0 Å². The van der Waals surface area contributed by atoms with Gasteiger partial charge in [0.15, 0.2) is 0 Å². The molecule has 0 bridgehead atoms. The molecule has 1 unspecified atom stereocenters. The van der Waals surface area contributed by atoms with Crippen molar-refractivity contribution in [1.82, 2.24) is 9.80 Å². The average Bonchev–Trinajstić information content (AvgIpc) is 3.16. The lowest BCUT2D eigenvalue weighted by atomic mass is 9.97. The maximum Gasteiger partial charge on any atom is 0.320 e. The summed E-state index contributed by atoms with van der Waals surface area (Å²) in [5, 5.41) is 3.36. The number of piperidine rings is 1. The van der Waals surface area contributed by atoms with Gasteiger partial charge >= 0.3 is 6.03 Å². The van der Waals surface area contributed by atoms with Crippen molar-refractivity contribution in [1.29, 1.82) is 0 Å². The molecule has 2 saturated heterocycles. The number of halogens is 1. The highest BCUT2D eigenvalue weighted by Gasteiger charge is 2.31. The summed E-state index contributed by atoms with van der Waals surface area (Å²) in [6.07, 6.45) is 3.78. The number of hydrogen-bond acceptors (Lipinski definition) is 3. The van der Waals surface area contributed by atoms with E-state index in [9.17, 15) is 9.59 Å². The van der Waals surface area contributed by atoms with Gasteiger partial charge in [0.1, 0.15) is 5.75 Å². The molecule has 136 valence electrons. The van der Waals surface area contributed by atoms with Crippen LogP contribution < -0.4 is 10.1 Å². The molecule has 1 aromatic rings. The highest BCUT2D eigenvalue weighted by Crippen LogP contribution is 2.28. The quantitative estimate of drug-likeness (QED) is 0.894. The number of nitrogens with zero attached hydrogens (tertiary/aromatic N) is 2. The number of carbonyl (C=O) groups is 2. The average molecular weight is 366 g/mol. The Morgan fingerprint density at radius 1 is 1.16 bits per heavy atom. The number of ether oxygens (including phenoxy) is 1. The predicted molar refractivity (Wildman–Crippen MR) is 97.1 cm³/mol. The topological polar surface area (TPSA) is 61.9 Å². The Morgan fingerprint density at radius 2 is 1.88 bits per heavy atom. The van der Waals surface area contributed by atoms with Crippen molar-refractivity contribution in [3.05, 3.63) is 23.2 Å². The fourth-order valence-corrected chi connectivity index (χ4v) is 3.72. The normalized spacial score (nSPS) is 20.5. The minimum Gasteiger partial charge on any atom is -0.495 e. The van der Waals surface area contributed by atoms with Gasteiger partial charge in [-0.1, -0.05) is 11.6 Å². The molecule has 0 radical (unpaired) electrons. The van der Waals surface area contributed by atoms with Crippen molar-refractivity contribution in [2.75, 3.05) is 38.6 Å². The highest BCUT2D eigenvalue weighted by molar-refractivity contribution is 6.32. The number of nitrogens with one attached hydrogen (secondary N) is 1. The number of methoxy groups -OCH3 is 1. The number of rotatable bonds is 3. The van der Waals surface area contributed by atoms with Crippen LogP contribution in [0, 0.1) is 5.92 Å². The van der Waals surface area contributed by atoms with Gasteiger partial charge in [0.05, 0.1) is 18.1 Å². The minimum atomic E-state index is -0.193. The molecule has 0 spiro atoms. The van der Waals surface area contributed by atoms with Gasteiger partial charge in [-0.25, -0.2) is 4.79 Å². The van der Waals surface area contributed by atoms with Crippen LogP contribution in [0.2, 0.25) is 5.02 Å². The van der Waals surface area contributed by atoms with E-state index in [4.69, 9.17) is 16.3 Å². The van der Waals surface area contributed by atoms with Gasteiger partial charge in [-0.05, 0) is 43.9 Å². The molecule has 3 rings (SSSR count). The van der Waals surface area contributed by atoms with Crippen molar-refractivity contribution in [2.45, 2.75) is 25.7 Å². The summed E-state index contributed by atoms with van der Waals surface area (Å²) in [5.41, 5.74) is 0.638. The van der Waals surface area contributed by atoms with Gasteiger partial charge < -0.3 is 19.9 Å². The molecule has 2 fully saturated rings. The molecule has 0 saturated carbocycles. The number of benzene rings is 1. The lowest BCUT2D eigenvalue weighted by Gasteiger charge is -2.34. The number of hydrogen-bond donors (Lipinski definition) is 1. The van der Waals surface area contributed by atoms with E-state index in [0.717, 1.165) is 45.3 Å². The minimum absolute atomic E-state index is 0.0693. The second kappa shape index (κ2) is 7.95. The van der Waals surface area contributed by atoms with Crippen LogP contribution in [0.3, 0.4) is 0 Å². The summed E-state index contributed by atoms with van der Waals surface area (Å²) in [6, 6.07) is 5.23. The molecule has 3 amide bonds. The molecule has 1 N–H and O–H groups in total. The molecular formula is C18H24ClN3O3. The van der Waals surface area contributed by atoms with Crippen LogP contribution in [0.15, 0.2) is 18.2 Å². The number of urea groups is 1. The highest BCUT2D eigenvalue weighted by atomic mass is 35.5. The lowest BCUT2D eigenvalue weighted by molar-refractivity contribution is -0.121. The Labute approximate surface area is 153 Å². The van der Waals surface area contributed by atoms with Gasteiger partial charge in [0.2, 0.25) is 5.91 Å². The smallest absolute Gasteiger partial charge is 0.320 e. The van der Waals surface area contributed by atoms with E-state index in [-0.39, 0.29) is 17.9 Å². The Balaban J connectivity index is 1.59. The molecule has 2 aliphatic rings. The van der Waals surface area contributed by atoms with E-state index in [2.05, 4.69) is 5.32 Å². The van der Waals surface area contributed by atoms with Crippen LogP contribution in [-0.4, -0.2) is 55.0 Å². The van der Waals surface area contributed by atoms with Crippen LogP contribution in [0.4, 0.5) is 10.5 Å². The predicted octanol–water partition coefficient (Wildman–Crippen LogP) is 3.21. The molecule has 1 aromatic carbocycles. The van der Waals surface area contributed by atoms with Crippen LogP contribution >= 0.6 is 11.6 Å². The summed E-state index contributed by atoms with van der Waals surface area (Å²) in [6.45, 7) is 2.87. The molecule has 2 aliphatic heterocycles. The largest absolute Gasteiger partial charge is 0.495 e. The first-order chi connectivity index (χ1) is 12.1. The molecular weight excluding hydrogens is 342 g/mol. The van der Waals surface area contributed by atoms with Crippen LogP contribution in [0.25, 0.3) is 0 Å². The number of amides is 3. The molecule has 6 nitrogen and oxygen atoms in total. The lowest BCUT2D eigenvalue weighted by Crippen LogP contribution is -2.48. The Hall–Kier alpha value is -1.95. The first-order valence-electron chi connectivity index (χ1n) is 8.76. The van der Waals surface area contributed by atoms with Crippen LogP contribution in [0.1, 0.15) is 25.7 Å². The SMILES string of the molecule is COc1ccc(NC(=O)C2CCCN(C(=O)N3CCCC3)C2)cc1Cl. The number of carbonyl (C=O) groups excluding carboxylic acids is 2. The number of anilines is 1. The second-order valence-electron chi connectivity index (χ2n) is 6.60. The van der Waals surface area contributed by atoms with Gasteiger partial charge in [0.25, 0.3) is 0 Å². The molecule has 0 aliphatic carbocycles. The summed E-state index contributed by atoms with van der Waals surface area (Å²) in [4.78, 5) is 28.8. The number of likely N-dealkylation sites (tertiary alicyclic amines) is 2. The van der Waals surface area contributed by atoms with Crippen molar-refractivity contribution in [3.8, 4) is 5.75 Å². The fraction of sp³-hybridized carbons (Fsp3) is 0.556. The van der Waals surface area contributed by atoms with E-state index in [0.29, 0.717) is 23.0 Å². The third kappa shape index (κ3) is 4.18. The summed E-state index contributed by atoms with van der Waals surface area (Å²) in [5.74, 6) is 0.307. The second-order valence-corrected chi connectivity index (χ2v) is 7.01. The van der Waals surface area contributed by atoms with Gasteiger partial charge in [-0.2, -0.15) is 0 Å². The zero-order chi connectivity index (χ0) is 17.8. The van der Waals surface area contributed by atoms with Crippen LogP contribution in [0.5, 0.6) is 5.75 Å². The van der Waals surface area contributed by atoms with Crippen molar-refractivity contribution in [2.24, 2.45) is 5.92 Å². The van der Waals surface area contributed by atoms with Crippen LogP contribution in [-0.2, 0) is 4.79 Å². The van der Waals surface area contributed by atoms with E-state index in [1.165, 1.54) is 0 Å². The first kappa shape index (κ1) is 17.9. The molecule has 1 atom stereocenters. The van der Waals surface area contributed by atoms with E-state index >= 15 is 0 Å². The van der Waals surface area contributed by atoms with Gasteiger partial charge in [-0.15, -0.1) is 0 Å². The summed E-state index contributed by atoms with van der Waals surface area (Å²) < 4.78 is 5.12. The van der Waals surface area contributed by atoms with E-state index in [1.807, 2.05) is 9.80 Å². The third-order valence-electron chi connectivity index (χ3n) is 4.86. The van der Waals surface area contributed by atoms with Gasteiger partial charge in [0, 0.05) is 31.9 Å². The first-order valence-corrected chi connectivity index (χ1v) is 9.14. The maximum atomic E-state index is 12.6. The summed E-state index contributed by atoms with van der Waals surface area (Å²) >= 11 is 6.10. The zero-order valence-electron chi connectivity index (χ0n) is 14.5. The summed E-state index contributed by atoms with van der Waals surface area (Å²) in [7, 11) is 1.55.